The number of aliphatic carboxylic acids is 1. The van der Waals surface area contributed by atoms with Crippen LogP contribution in [0.3, 0.4) is 0 Å². The van der Waals surface area contributed by atoms with Crippen LogP contribution < -0.4 is 0 Å². The van der Waals surface area contributed by atoms with E-state index in [0.717, 1.165) is 25.9 Å². The van der Waals surface area contributed by atoms with Gasteiger partial charge in [-0.15, -0.1) is 6.58 Å². The summed E-state index contributed by atoms with van der Waals surface area (Å²) >= 11 is 0. The maximum atomic E-state index is 11.3. The van der Waals surface area contributed by atoms with Gasteiger partial charge >= 0.3 is 5.97 Å². The van der Waals surface area contributed by atoms with E-state index < -0.39 is 5.97 Å². The number of nitrogens with zero attached hydrogens (tertiary/aromatic N) is 1. The Labute approximate surface area is 95.9 Å². The smallest absolute Gasteiger partial charge is 0.308 e. The third kappa shape index (κ3) is 1.99. The Hall–Kier alpha value is -0.870. The highest BCUT2D eigenvalue weighted by atomic mass is 16.5. The largest absolute Gasteiger partial charge is 0.481 e. The van der Waals surface area contributed by atoms with Crippen LogP contribution in [0.5, 0.6) is 0 Å². The number of carboxylic acids is 1. The monoisotopic (exact) mass is 225 g/mol. The fourth-order valence-corrected chi connectivity index (χ4v) is 3.02. The van der Waals surface area contributed by atoms with Gasteiger partial charge in [-0.2, -0.15) is 0 Å². The predicted octanol–water partition coefficient (Wildman–Crippen LogP) is 0.986. The van der Waals surface area contributed by atoms with Gasteiger partial charge in [0.1, 0.15) is 0 Å². The van der Waals surface area contributed by atoms with Crippen LogP contribution >= 0.6 is 0 Å². The summed E-state index contributed by atoms with van der Waals surface area (Å²) in [5, 5.41) is 9.32. The third-order valence-corrected chi connectivity index (χ3v) is 3.89. The molecule has 0 aromatic heterocycles. The van der Waals surface area contributed by atoms with Gasteiger partial charge in [0.25, 0.3) is 0 Å². The molecule has 0 bridgehead atoms. The quantitative estimate of drug-likeness (QED) is 0.728. The number of carboxylic acid groups (broad SMARTS) is 1. The zero-order valence-corrected chi connectivity index (χ0v) is 9.52. The number of hydrogen-bond acceptors (Lipinski definition) is 3. The first kappa shape index (κ1) is 11.6. The zero-order valence-electron chi connectivity index (χ0n) is 9.52. The average molecular weight is 225 g/mol. The second-order valence-electron chi connectivity index (χ2n) is 4.85. The van der Waals surface area contributed by atoms with Crippen molar-refractivity contribution in [3.63, 3.8) is 0 Å². The lowest BCUT2D eigenvalue weighted by Gasteiger charge is -2.36. The van der Waals surface area contributed by atoms with Gasteiger partial charge in [-0.3, -0.25) is 9.69 Å². The molecule has 0 aromatic carbocycles. The summed E-state index contributed by atoms with van der Waals surface area (Å²) < 4.78 is 5.35. The van der Waals surface area contributed by atoms with Gasteiger partial charge in [-0.1, -0.05) is 6.08 Å². The second-order valence-corrected chi connectivity index (χ2v) is 4.85. The van der Waals surface area contributed by atoms with Gasteiger partial charge in [0.05, 0.1) is 5.92 Å². The lowest BCUT2D eigenvalue weighted by atomic mass is 9.72. The van der Waals surface area contributed by atoms with Gasteiger partial charge in [-0.25, -0.2) is 0 Å². The second kappa shape index (κ2) is 4.55. The molecule has 4 nitrogen and oxygen atoms in total. The minimum absolute atomic E-state index is 0.0624. The molecular formula is C12H19NO3. The van der Waals surface area contributed by atoms with E-state index in [0.29, 0.717) is 19.8 Å². The molecule has 0 aromatic rings. The number of carbonyl (C=O) groups is 1. The van der Waals surface area contributed by atoms with Crippen molar-refractivity contribution in [3.05, 3.63) is 12.7 Å². The average Bonchev–Trinajstić information content (AvgIpc) is 2.59. The molecule has 1 spiro atoms. The van der Waals surface area contributed by atoms with Crippen LogP contribution in [0.4, 0.5) is 0 Å². The maximum Gasteiger partial charge on any atom is 0.308 e. The molecule has 4 heteroatoms. The summed E-state index contributed by atoms with van der Waals surface area (Å²) in [7, 11) is 0. The van der Waals surface area contributed by atoms with Gasteiger partial charge in [0.2, 0.25) is 0 Å². The van der Waals surface area contributed by atoms with Crippen LogP contribution in [0.15, 0.2) is 12.7 Å². The summed E-state index contributed by atoms with van der Waals surface area (Å²) in [4.78, 5) is 13.5. The van der Waals surface area contributed by atoms with E-state index >= 15 is 0 Å². The van der Waals surface area contributed by atoms with Gasteiger partial charge in [0, 0.05) is 38.3 Å². The molecule has 0 aliphatic carbocycles. The molecule has 2 aliphatic rings. The first-order chi connectivity index (χ1) is 7.68. The van der Waals surface area contributed by atoms with Crippen LogP contribution in [0.1, 0.15) is 12.8 Å². The fourth-order valence-electron chi connectivity index (χ4n) is 3.02. The summed E-state index contributed by atoms with van der Waals surface area (Å²) in [6.45, 7) is 7.43. The van der Waals surface area contributed by atoms with Gasteiger partial charge in [-0.05, 0) is 12.8 Å². The normalized spacial score (nSPS) is 29.4. The van der Waals surface area contributed by atoms with Crippen molar-refractivity contribution in [1.29, 1.82) is 0 Å². The molecule has 2 saturated heterocycles. The topological polar surface area (TPSA) is 49.8 Å². The van der Waals surface area contributed by atoms with Crippen LogP contribution in [0.25, 0.3) is 0 Å². The third-order valence-electron chi connectivity index (χ3n) is 3.89. The Bertz CT molecular complexity index is 284. The Morgan fingerprint density at radius 2 is 2.25 bits per heavy atom. The molecule has 0 saturated carbocycles. The molecule has 0 radical (unpaired) electrons. The maximum absolute atomic E-state index is 11.3. The standard InChI is InChI=1S/C12H19NO3/c1-2-5-13-8-10(11(14)15)12(9-13)3-6-16-7-4-12/h2,10H,1,3-9H2,(H,14,15)/t10-/m0/s1. The van der Waals surface area contributed by atoms with Crippen LogP contribution in [-0.2, 0) is 9.53 Å². The Morgan fingerprint density at radius 1 is 1.56 bits per heavy atom. The summed E-state index contributed by atoms with van der Waals surface area (Å²) in [6, 6.07) is 0. The van der Waals surface area contributed by atoms with Gasteiger partial charge < -0.3 is 9.84 Å². The van der Waals surface area contributed by atoms with E-state index in [1.54, 1.807) is 0 Å². The summed E-state index contributed by atoms with van der Waals surface area (Å²) in [5.41, 5.74) is -0.0624. The first-order valence-electron chi connectivity index (χ1n) is 5.82. The molecule has 16 heavy (non-hydrogen) atoms. The minimum Gasteiger partial charge on any atom is -0.481 e. The highest BCUT2D eigenvalue weighted by Crippen LogP contribution is 2.44. The summed E-state index contributed by atoms with van der Waals surface area (Å²) in [5.74, 6) is -0.898. The van der Waals surface area contributed by atoms with E-state index in [1.807, 2.05) is 6.08 Å². The number of likely N-dealkylation sites (tertiary alicyclic amines) is 1. The van der Waals surface area contributed by atoms with Crippen LogP contribution in [0, 0.1) is 11.3 Å². The van der Waals surface area contributed by atoms with Gasteiger partial charge in [0.15, 0.2) is 0 Å². The lowest BCUT2D eigenvalue weighted by Crippen LogP contribution is -2.40. The molecule has 1 atom stereocenters. The number of rotatable bonds is 3. The zero-order chi connectivity index (χ0) is 11.6. The molecule has 0 amide bonds. The fraction of sp³-hybridized carbons (Fsp3) is 0.750. The SMILES string of the molecule is C=CCN1C[C@@H](C(=O)O)C2(CCOCC2)C1. The van der Waals surface area contributed by atoms with Crippen molar-refractivity contribution in [1.82, 2.24) is 4.90 Å². The predicted molar refractivity (Wildman–Crippen MR) is 60.2 cm³/mol. The molecule has 2 fully saturated rings. The van der Waals surface area contributed by atoms with E-state index in [-0.39, 0.29) is 11.3 Å². The molecule has 2 rings (SSSR count). The van der Waals surface area contributed by atoms with Crippen molar-refractivity contribution >= 4 is 5.97 Å². The lowest BCUT2D eigenvalue weighted by molar-refractivity contribution is -0.146. The van der Waals surface area contributed by atoms with Crippen molar-refractivity contribution in [2.45, 2.75) is 12.8 Å². The van der Waals surface area contributed by atoms with E-state index in [1.165, 1.54) is 0 Å². The van der Waals surface area contributed by atoms with E-state index in [9.17, 15) is 9.90 Å². The minimum atomic E-state index is -0.659. The number of ether oxygens (including phenoxy) is 1. The van der Waals surface area contributed by atoms with E-state index in [2.05, 4.69) is 11.5 Å². The van der Waals surface area contributed by atoms with E-state index in [4.69, 9.17) is 4.74 Å². The molecule has 2 aliphatic heterocycles. The first-order valence-corrected chi connectivity index (χ1v) is 5.82. The van der Waals surface area contributed by atoms with Crippen molar-refractivity contribution in [2.24, 2.45) is 11.3 Å². The Kier molecular flexibility index (Phi) is 3.30. The Morgan fingerprint density at radius 3 is 2.81 bits per heavy atom. The molecular weight excluding hydrogens is 206 g/mol. The molecule has 1 N–H and O–H groups in total. The molecule has 2 heterocycles. The summed E-state index contributed by atoms with van der Waals surface area (Å²) in [6.07, 6.45) is 3.59. The van der Waals surface area contributed by atoms with Crippen LogP contribution in [-0.4, -0.2) is 48.8 Å². The Balaban J connectivity index is 2.13. The van der Waals surface area contributed by atoms with Crippen molar-refractivity contribution in [3.8, 4) is 0 Å². The highest BCUT2D eigenvalue weighted by molar-refractivity contribution is 5.72. The highest BCUT2D eigenvalue weighted by Gasteiger charge is 2.50. The molecule has 90 valence electrons. The van der Waals surface area contributed by atoms with Crippen molar-refractivity contribution < 1.29 is 14.6 Å². The number of hydrogen-bond donors (Lipinski definition) is 1. The molecule has 0 unspecified atom stereocenters. The van der Waals surface area contributed by atoms with Crippen molar-refractivity contribution in [2.75, 3.05) is 32.8 Å². The van der Waals surface area contributed by atoms with Crippen LogP contribution in [0.2, 0.25) is 0 Å².